The summed E-state index contributed by atoms with van der Waals surface area (Å²) in [7, 11) is 0. The maximum Gasteiger partial charge on any atom is 0.315 e. The Hall–Kier alpha value is -1.06. The van der Waals surface area contributed by atoms with Crippen LogP contribution in [0.4, 0.5) is 0 Å². The van der Waals surface area contributed by atoms with Gasteiger partial charge in [0.25, 0.3) is 0 Å². The Kier molecular flexibility index (Phi) is 4.12. The quantitative estimate of drug-likeness (QED) is 0.691. The summed E-state index contributed by atoms with van der Waals surface area (Å²) >= 11 is 0. The van der Waals surface area contributed by atoms with Gasteiger partial charge in [-0.3, -0.25) is 9.59 Å². The van der Waals surface area contributed by atoms with Gasteiger partial charge >= 0.3 is 5.97 Å². The number of carboxylic acids is 1. The summed E-state index contributed by atoms with van der Waals surface area (Å²) in [5.41, 5.74) is 0. The van der Waals surface area contributed by atoms with E-state index in [0.717, 1.165) is 6.42 Å². The van der Waals surface area contributed by atoms with Gasteiger partial charge in [0.1, 0.15) is 5.92 Å². The van der Waals surface area contributed by atoms with Crippen LogP contribution < -0.4 is 5.32 Å². The van der Waals surface area contributed by atoms with Crippen molar-refractivity contribution in [3.05, 3.63) is 0 Å². The normalized spacial score (nSPS) is 27.3. The largest absolute Gasteiger partial charge is 0.481 e. The minimum absolute atomic E-state index is 0.374. The van der Waals surface area contributed by atoms with Gasteiger partial charge in [0, 0.05) is 6.54 Å². The third-order valence-electron chi connectivity index (χ3n) is 3.34. The summed E-state index contributed by atoms with van der Waals surface area (Å²) in [4.78, 5) is 21.9. The van der Waals surface area contributed by atoms with Crippen LogP contribution in [0.2, 0.25) is 0 Å². The molecule has 0 aromatic heterocycles. The number of carbonyl (C=O) groups excluding carboxylic acids is 1. The highest BCUT2D eigenvalue weighted by atomic mass is 16.4. The molecule has 3 atom stereocenters. The molecular weight excluding hydrogens is 194 g/mol. The molecule has 4 heteroatoms. The molecule has 1 aliphatic rings. The lowest BCUT2D eigenvalue weighted by molar-refractivity contribution is -0.146. The van der Waals surface area contributed by atoms with Gasteiger partial charge in [0.2, 0.25) is 5.91 Å². The fraction of sp³-hybridized carbons (Fsp3) is 0.818. The SMILES string of the molecule is CC(C(=O)O)C(=O)NCC1CCCC1C. The van der Waals surface area contributed by atoms with Crippen LogP contribution in [0.5, 0.6) is 0 Å². The number of carbonyl (C=O) groups is 2. The van der Waals surface area contributed by atoms with Crippen LogP contribution in [0.3, 0.4) is 0 Å². The zero-order chi connectivity index (χ0) is 11.4. The van der Waals surface area contributed by atoms with Gasteiger partial charge in [0.05, 0.1) is 0 Å². The second-order valence-corrected chi connectivity index (χ2v) is 4.47. The van der Waals surface area contributed by atoms with Gasteiger partial charge in [-0.2, -0.15) is 0 Å². The molecule has 86 valence electrons. The van der Waals surface area contributed by atoms with Crippen LogP contribution in [0.25, 0.3) is 0 Å². The molecule has 0 bridgehead atoms. The zero-order valence-corrected chi connectivity index (χ0v) is 9.32. The van der Waals surface area contributed by atoms with E-state index in [-0.39, 0.29) is 5.91 Å². The Morgan fingerprint density at radius 2 is 2.13 bits per heavy atom. The first kappa shape index (κ1) is 12.0. The molecule has 1 amide bonds. The number of aliphatic carboxylic acids is 1. The summed E-state index contributed by atoms with van der Waals surface area (Å²) in [5.74, 6) is -1.21. The predicted molar refractivity (Wildman–Crippen MR) is 56.3 cm³/mol. The van der Waals surface area contributed by atoms with Gasteiger partial charge in [0.15, 0.2) is 0 Å². The topological polar surface area (TPSA) is 66.4 Å². The van der Waals surface area contributed by atoms with Crippen molar-refractivity contribution in [3.8, 4) is 0 Å². The maximum atomic E-state index is 11.4. The fourth-order valence-corrected chi connectivity index (χ4v) is 2.02. The summed E-state index contributed by atoms with van der Waals surface area (Å²) < 4.78 is 0. The van der Waals surface area contributed by atoms with Crippen LogP contribution in [0, 0.1) is 17.8 Å². The first-order chi connectivity index (χ1) is 7.02. The summed E-state index contributed by atoms with van der Waals surface area (Å²) in [5, 5.41) is 11.4. The van der Waals surface area contributed by atoms with Crippen molar-refractivity contribution in [2.24, 2.45) is 17.8 Å². The highest BCUT2D eigenvalue weighted by molar-refractivity contribution is 5.96. The molecule has 0 spiro atoms. The average Bonchev–Trinajstić information content (AvgIpc) is 2.59. The van der Waals surface area contributed by atoms with Crippen LogP contribution in [-0.2, 0) is 9.59 Å². The standard InChI is InChI=1S/C11H19NO3/c1-7-4-3-5-9(7)6-12-10(13)8(2)11(14)15/h7-9H,3-6H2,1-2H3,(H,12,13)(H,14,15). The monoisotopic (exact) mass is 213 g/mol. The smallest absolute Gasteiger partial charge is 0.315 e. The van der Waals surface area contributed by atoms with E-state index in [1.807, 2.05) is 0 Å². The summed E-state index contributed by atoms with van der Waals surface area (Å²) in [6, 6.07) is 0. The molecule has 0 heterocycles. The van der Waals surface area contributed by atoms with Crippen LogP contribution >= 0.6 is 0 Å². The maximum absolute atomic E-state index is 11.4. The minimum atomic E-state index is -1.06. The number of nitrogens with one attached hydrogen (secondary N) is 1. The van der Waals surface area contributed by atoms with Crippen molar-refractivity contribution >= 4 is 11.9 Å². The Morgan fingerprint density at radius 3 is 2.60 bits per heavy atom. The lowest BCUT2D eigenvalue weighted by Crippen LogP contribution is -2.37. The fourth-order valence-electron chi connectivity index (χ4n) is 2.02. The van der Waals surface area contributed by atoms with Crippen molar-refractivity contribution in [2.45, 2.75) is 33.1 Å². The lowest BCUT2D eigenvalue weighted by Gasteiger charge is -2.16. The van der Waals surface area contributed by atoms with E-state index in [1.54, 1.807) is 0 Å². The van der Waals surface area contributed by atoms with E-state index < -0.39 is 11.9 Å². The minimum Gasteiger partial charge on any atom is -0.481 e. The number of amides is 1. The van der Waals surface area contributed by atoms with E-state index in [4.69, 9.17) is 5.11 Å². The first-order valence-corrected chi connectivity index (χ1v) is 5.53. The van der Waals surface area contributed by atoms with Crippen LogP contribution in [0.15, 0.2) is 0 Å². The van der Waals surface area contributed by atoms with Gasteiger partial charge < -0.3 is 10.4 Å². The molecule has 1 fully saturated rings. The Bertz CT molecular complexity index is 252. The third kappa shape index (κ3) is 3.22. The molecule has 3 unspecified atom stereocenters. The molecule has 0 aliphatic heterocycles. The van der Waals surface area contributed by atoms with Crippen molar-refractivity contribution in [1.82, 2.24) is 5.32 Å². The van der Waals surface area contributed by atoms with E-state index in [0.29, 0.717) is 18.4 Å². The molecule has 4 nitrogen and oxygen atoms in total. The second kappa shape index (κ2) is 5.14. The van der Waals surface area contributed by atoms with Crippen molar-refractivity contribution in [3.63, 3.8) is 0 Å². The van der Waals surface area contributed by atoms with Gasteiger partial charge in [-0.1, -0.05) is 19.8 Å². The molecule has 0 aromatic rings. The Morgan fingerprint density at radius 1 is 1.47 bits per heavy atom. The molecule has 15 heavy (non-hydrogen) atoms. The first-order valence-electron chi connectivity index (χ1n) is 5.53. The highest BCUT2D eigenvalue weighted by Crippen LogP contribution is 2.30. The van der Waals surface area contributed by atoms with Crippen LogP contribution in [-0.4, -0.2) is 23.5 Å². The molecule has 0 radical (unpaired) electrons. The average molecular weight is 213 g/mol. The molecule has 1 saturated carbocycles. The molecular formula is C11H19NO3. The zero-order valence-electron chi connectivity index (χ0n) is 9.32. The van der Waals surface area contributed by atoms with Crippen molar-refractivity contribution in [2.75, 3.05) is 6.54 Å². The molecule has 2 N–H and O–H groups in total. The van der Waals surface area contributed by atoms with E-state index in [1.165, 1.54) is 19.8 Å². The second-order valence-electron chi connectivity index (χ2n) is 4.47. The van der Waals surface area contributed by atoms with Crippen molar-refractivity contribution < 1.29 is 14.7 Å². The summed E-state index contributed by atoms with van der Waals surface area (Å²) in [6.45, 7) is 4.22. The predicted octanol–water partition coefficient (Wildman–Crippen LogP) is 1.26. The molecule has 0 aromatic carbocycles. The summed E-state index contributed by atoms with van der Waals surface area (Å²) in [6.07, 6.45) is 3.58. The number of carboxylic acid groups (broad SMARTS) is 1. The number of hydrogen-bond acceptors (Lipinski definition) is 2. The van der Waals surface area contributed by atoms with E-state index >= 15 is 0 Å². The van der Waals surface area contributed by atoms with E-state index in [9.17, 15) is 9.59 Å². The van der Waals surface area contributed by atoms with Gasteiger partial charge in [-0.25, -0.2) is 0 Å². The van der Waals surface area contributed by atoms with E-state index in [2.05, 4.69) is 12.2 Å². The third-order valence-corrected chi connectivity index (χ3v) is 3.34. The Balaban J connectivity index is 2.30. The molecule has 1 rings (SSSR count). The van der Waals surface area contributed by atoms with Crippen LogP contribution in [0.1, 0.15) is 33.1 Å². The van der Waals surface area contributed by atoms with Gasteiger partial charge in [-0.15, -0.1) is 0 Å². The number of hydrogen-bond donors (Lipinski definition) is 2. The number of rotatable bonds is 4. The molecule has 1 aliphatic carbocycles. The molecule has 0 saturated heterocycles. The highest BCUT2D eigenvalue weighted by Gasteiger charge is 2.25. The van der Waals surface area contributed by atoms with Crippen molar-refractivity contribution in [1.29, 1.82) is 0 Å². The van der Waals surface area contributed by atoms with Gasteiger partial charge in [-0.05, 0) is 25.2 Å². The Labute approximate surface area is 90.0 Å². The lowest BCUT2D eigenvalue weighted by atomic mass is 9.98.